The first-order valence-corrected chi connectivity index (χ1v) is 10.7. The van der Waals surface area contributed by atoms with Gasteiger partial charge in [-0.3, -0.25) is 4.79 Å². The third-order valence-corrected chi connectivity index (χ3v) is 6.01. The van der Waals surface area contributed by atoms with E-state index >= 15 is 0 Å². The van der Waals surface area contributed by atoms with Crippen molar-refractivity contribution in [1.29, 1.82) is 0 Å². The van der Waals surface area contributed by atoms with Gasteiger partial charge < -0.3 is 14.6 Å². The Hall–Kier alpha value is -2.77. The predicted molar refractivity (Wildman–Crippen MR) is 117 cm³/mol. The monoisotopic (exact) mass is 462 g/mol. The molecule has 4 nitrogen and oxygen atoms in total. The first kappa shape index (κ1) is 22.4. The van der Waals surface area contributed by atoms with Crippen molar-refractivity contribution in [2.24, 2.45) is 5.92 Å². The van der Waals surface area contributed by atoms with Gasteiger partial charge in [0.15, 0.2) is 0 Å². The molecule has 0 bridgehead atoms. The molecule has 1 aliphatic rings. The van der Waals surface area contributed by atoms with Gasteiger partial charge in [0.05, 0.1) is 0 Å². The minimum Gasteiger partial charge on any atom is -0.396 e. The van der Waals surface area contributed by atoms with Gasteiger partial charge in [0.25, 0.3) is 5.91 Å². The molecule has 4 rings (SSSR count). The van der Waals surface area contributed by atoms with E-state index in [-0.39, 0.29) is 30.3 Å². The summed E-state index contributed by atoms with van der Waals surface area (Å²) in [5.74, 6) is -0.546. The van der Waals surface area contributed by atoms with Crippen LogP contribution in [0.3, 0.4) is 0 Å². The minimum atomic E-state index is -4.65. The minimum absolute atomic E-state index is 0.0120. The van der Waals surface area contributed by atoms with E-state index in [1.807, 2.05) is 0 Å². The molecule has 8 heteroatoms. The van der Waals surface area contributed by atoms with Crippen LogP contribution in [-0.2, 0) is 12.7 Å². The van der Waals surface area contributed by atoms with Gasteiger partial charge in [-0.25, -0.2) is 0 Å². The average molecular weight is 463 g/mol. The summed E-state index contributed by atoms with van der Waals surface area (Å²) in [6, 6.07) is 16.2. The maximum Gasteiger partial charge on any atom is 0.431 e. The van der Waals surface area contributed by atoms with Crippen molar-refractivity contribution in [3.63, 3.8) is 0 Å². The number of nitrogens with zero attached hydrogens (tertiary/aromatic N) is 2. The Bertz CT molecular complexity index is 1090. The van der Waals surface area contributed by atoms with Crippen molar-refractivity contribution in [1.82, 2.24) is 9.47 Å². The second-order valence-electron chi connectivity index (χ2n) is 7.96. The molecule has 1 aliphatic heterocycles. The Kier molecular flexibility index (Phi) is 6.31. The molecule has 1 fully saturated rings. The highest BCUT2D eigenvalue weighted by Crippen LogP contribution is 2.38. The normalized spacial score (nSPS) is 16.5. The number of benzene rings is 2. The number of aliphatic hydroxyl groups excluding tert-OH is 1. The van der Waals surface area contributed by atoms with Crippen molar-refractivity contribution in [3.05, 3.63) is 82.6 Å². The van der Waals surface area contributed by atoms with E-state index in [9.17, 15) is 23.1 Å². The Morgan fingerprint density at radius 2 is 1.78 bits per heavy atom. The molecule has 2 aromatic carbocycles. The molecule has 1 saturated heterocycles. The van der Waals surface area contributed by atoms with Crippen LogP contribution in [0.25, 0.3) is 11.1 Å². The van der Waals surface area contributed by atoms with Crippen LogP contribution in [0, 0.1) is 5.92 Å². The Morgan fingerprint density at radius 1 is 1.09 bits per heavy atom. The van der Waals surface area contributed by atoms with Crippen molar-refractivity contribution in [2.75, 3.05) is 19.7 Å². The van der Waals surface area contributed by atoms with Crippen molar-refractivity contribution in [3.8, 4) is 11.1 Å². The number of hydrogen-bond acceptors (Lipinski definition) is 2. The van der Waals surface area contributed by atoms with Crippen LogP contribution >= 0.6 is 11.6 Å². The number of aliphatic hydroxyl groups is 1. The lowest BCUT2D eigenvalue weighted by Gasteiger charge is -2.21. The zero-order chi connectivity index (χ0) is 22.9. The summed E-state index contributed by atoms with van der Waals surface area (Å²) in [5.41, 5.74) is 0.449. The first-order chi connectivity index (χ1) is 15.3. The van der Waals surface area contributed by atoms with Crippen LogP contribution in [0.4, 0.5) is 13.2 Å². The van der Waals surface area contributed by atoms with Gasteiger partial charge in [-0.15, -0.1) is 0 Å². The Balaban J connectivity index is 1.89. The van der Waals surface area contributed by atoms with Crippen LogP contribution in [0.5, 0.6) is 0 Å². The van der Waals surface area contributed by atoms with Gasteiger partial charge >= 0.3 is 6.18 Å². The molecule has 32 heavy (non-hydrogen) atoms. The van der Waals surface area contributed by atoms with Crippen LogP contribution in [0.15, 0.2) is 60.7 Å². The number of halogens is 4. The second-order valence-corrected chi connectivity index (χ2v) is 8.39. The highest BCUT2D eigenvalue weighted by molar-refractivity contribution is 6.30. The summed E-state index contributed by atoms with van der Waals surface area (Å²) >= 11 is 5.97. The van der Waals surface area contributed by atoms with E-state index in [0.717, 1.165) is 10.6 Å². The van der Waals surface area contributed by atoms with Crippen LogP contribution in [0.1, 0.15) is 28.2 Å². The van der Waals surface area contributed by atoms with E-state index in [1.165, 1.54) is 4.90 Å². The molecule has 0 aliphatic carbocycles. The summed E-state index contributed by atoms with van der Waals surface area (Å²) in [7, 11) is 0. The maximum atomic E-state index is 14.1. The molecule has 1 unspecified atom stereocenters. The number of carbonyl (C=O) groups is 1. The van der Waals surface area contributed by atoms with Crippen LogP contribution in [-0.4, -0.2) is 40.2 Å². The zero-order valence-electron chi connectivity index (χ0n) is 17.1. The average Bonchev–Trinajstić information content (AvgIpc) is 3.40. The quantitative estimate of drug-likeness (QED) is 0.557. The van der Waals surface area contributed by atoms with Crippen LogP contribution in [0.2, 0.25) is 5.02 Å². The largest absolute Gasteiger partial charge is 0.431 e. The van der Waals surface area contributed by atoms with Gasteiger partial charge in [0.1, 0.15) is 11.4 Å². The van der Waals surface area contributed by atoms with Crippen molar-refractivity contribution < 1.29 is 23.1 Å². The van der Waals surface area contributed by atoms with E-state index in [4.69, 9.17) is 11.6 Å². The topological polar surface area (TPSA) is 45.5 Å². The summed E-state index contributed by atoms with van der Waals surface area (Å²) in [6.45, 7) is 0.545. The molecule has 0 radical (unpaired) electrons. The second kappa shape index (κ2) is 9.00. The van der Waals surface area contributed by atoms with E-state index < -0.39 is 17.8 Å². The maximum absolute atomic E-state index is 14.1. The fourth-order valence-electron chi connectivity index (χ4n) is 4.11. The molecule has 3 aromatic rings. The number of amides is 1. The molecule has 1 N–H and O–H groups in total. The van der Waals surface area contributed by atoms with Gasteiger partial charge in [0.2, 0.25) is 0 Å². The summed E-state index contributed by atoms with van der Waals surface area (Å²) in [4.78, 5) is 15.1. The molecule has 2 heterocycles. The smallest absolute Gasteiger partial charge is 0.396 e. The lowest BCUT2D eigenvalue weighted by Crippen LogP contribution is -2.32. The molecule has 1 aromatic heterocycles. The highest BCUT2D eigenvalue weighted by Gasteiger charge is 2.39. The number of hydrogen-bond donors (Lipinski definition) is 1. The lowest BCUT2D eigenvalue weighted by atomic mass is 10.0. The summed E-state index contributed by atoms with van der Waals surface area (Å²) < 4.78 is 43.3. The number of alkyl halides is 3. The third-order valence-electron chi connectivity index (χ3n) is 5.76. The molecule has 168 valence electrons. The van der Waals surface area contributed by atoms with Gasteiger partial charge in [-0.2, -0.15) is 13.2 Å². The van der Waals surface area contributed by atoms with E-state index in [2.05, 4.69) is 0 Å². The number of aromatic nitrogens is 1. The Labute approximate surface area is 188 Å². The first-order valence-electron chi connectivity index (χ1n) is 10.3. The molecule has 1 amide bonds. The fourth-order valence-corrected chi connectivity index (χ4v) is 4.24. The van der Waals surface area contributed by atoms with E-state index in [0.29, 0.717) is 35.7 Å². The molecular formula is C24H22ClF3N2O2. The Morgan fingerprint density at radius 3 is 2.38 bits per heavy atom. The summed E-state index contributed by atoms with van der Waals surface area (Å²) in [5, 5.41) is 9.90. The fraction of sp³-hybridized carbons (Fsp3) is 0.292. The summed E-state index contributed by atoms with van der Waals surface area (Å²) in [6.07, 6.45) is -4.03. The molecular weight excluding hydrogens is 441 g/mol. The lowest BCUT2D eigenvalue weighted by molar-refractivity contribution is -0.143. The van der Waals surface area contributed by atoms with Crippen LogP contribution < -0.4 is 0 Å². The zero-order valence-corrected chi connectivity index (χ0v) is 17.9. The van der Waals surface area contributed by atoms with Crippen molar-refractivity contribution >= 4 is 17.5 Å². The number of rotatable bonds is 5. The highest BCUT2D eigenvalue weighted by atomic mass is 35.5. The molecule has 0 saturated carbocycles. The molecule has 0 spiro atoms. The van der Waals surface area contributed by atoms with Crippen molar-refractivity contribution in [2.45, 2.75) is 19.1 Å². The molecule has 1 atom stereocenters. The number of likely N-dealkylation sites (tertiary alicyclic amines) is 1. The van der Waals surface area contributed by atoms with Gasteiger partial charge in [0, 0.05) is 42.7 Å². The standard InChI is InChI=1S/C24H22ClF3N2O2/c25-19-8-6-18(7-9-19)20-12-21(24(26,27)28)30(14-16-4-2-1-3-5-16)22(20)23(32)29-11-10-17(13-29)15-31/h1-9,12,17,31H,10-11,13-15H2. The van der Waals surface area contributed by atoms with E-state index in [1.54, 1.807) is 54.6 Å². The predicted octanol–water partition coefficient (Wildman–Crippen LogP) is 5.33. The third kappa shape index (κ3) is 4.54. The van der Waals surface area contributed by atoms with Gasteiger partial charge in [-0.1, -0.05) is 54.1 Å². The number of carbonyl (C=O) groups excluding carboxylic acids is 1. The van der Waals surface area contributed by atoms with Gasteiger partial charge in [-0.05, 0) is 35.7 Å². The SMILES string of the molecule is O=C(c1c(-c2ccc(Cl)cc2)cc(C(F)(F)F)n1Cc1ccccc1)N1CCC(CO)C1.